The smallest absolute Gasteiger partial charge is 0.240 e. The van der Waals surface area contributed by atoms with E-state index in [4.69, 9.17) is 0 Å². The van der Waals surface area contributed by atoms with Gasteiger partial charge in [-0.1, -0.05) is 0 Å². The summed E-state index contributed by atoms with van der Waals surface area (Å²) in [5, 5.41) is 0. The fourth-order valence-electron chi connectivity index (χ4n) is 2.87. The third kappa shape index (κ3) is 1.98. The molecule has 0 aromatic carbocycles. The van der Waals surface area contributed by atoms with E-state index in [1.165, 1.54) is 0 Å². The molecule has 0 N–H and O–H groups in total. The molecule has 0 aromatic heterocycles. The lowest BCUT2D eigenvalue weighted by molar-refractivity contribution is -0.140. The van der Waals surface area contributed by atoms with Crippen LogP contribution in [0.2, 0.25) is 0 Å². The Balaban J connectivity index is 2.06. The standard InChI is InChI=1S/C12H20N2O2/c1-9(15)10-5-4-8-14(10)12(16)11-6-3-7-13(11)2/h10-11H,3-8H2,1-2H3/t10-,11-/m1/s1. The predicted molar refractivity (Wildman–Crippen MR) is 61.1 cm³/mol. The molecule has 4 heteroatoms. The fourth-order valence-corrected chi connectivity index (χ4v) is 2.87. The van der Waals surface area contributed by atoms with Crippen molar-refractivity contribution in [2.75, 3.05) is 20.1 Å². The van der Waals surface area contributed by atoms with Gasteiger partial charge in [-0.2, -0.15) is 0 Å². The van der Waals surface area contributed by atoms with Crippen molar-refractivity contribution in [1.82, 2.24) is 9.80 Å². The zero-order valence-corrected chi connectivity index (χ0v) is 10.1. The maximum absolute atomic E-state index is 12.3. The van der Waals surface area contributed by atoms with E-state index in [0.29, 0.717) is 0 Å². The SMILES string of the molecule is CC(=O)[C@H]1CCCN1C(=O)[C@H]1CCCN1C. The quantitative estimate of drug-likeness (QED) is 0.692. The molecule has 0 bridgehead atoms. The number of carbonyl (C=O) groups is 2. The van der Waals surface area contributed by atoms with E-state index in [-0.39, 0.29) is 23.8 Å². The first-order valence-electron chi connectivity index (χ1n) is 6.12. The number of hydrogen-bond donors (Lipinski definition) is 0. The molecule has 1 amide bonds. The van der Waals surface area contributed by atoms with Gasteiger partial charge >= 0.3 is 0 Å². The number of likely N-dealkylation sites (N-methyl/N-ethyl adjacent to an activating group) is 1. The average Bonchev–Trinajstić information content (AvgIpc) is 2.84. The van der Waals surface area contributed by atoms with E-state index in [9.17, 15) is 9.59 Å². The molecule has 0 aliphatic carbocycles. The minimum absolute atomic E-state index is 0.0138. The van der Waals surface area contributed by atoms with Crippen LogP contribution >= 0.6 is 0 Å². The fraction of sp³-hybridized carbons (Fsp3) is 0.833. The van der Waals surface area contributed by atoms with Gasteiger partial charge in [0, 0.05) is 6.54 Å². The molecule has 2 rings (SSSR count). The molecule has 2 fully saturated rings. The second kappa shape index (κ2) is 4.53. The van der Waals surface area contributed by atoms with Crippen molar-refractivity contribution in [3.63, 3.8) is 0 Å². The van der Waals surface area contributed by atoms with Crippen LogP contribution in [0.3, 0.4) is 0 Å². The topological polar surface area (TPSA) is 40.6 Å². The lowest BCUT2D eigenvalue weighted by Crippen LogP contribution is -2.48. The Morgan fingerprint density at radius 3 is 2.25 bits per heavy atom. The summed E-state index contributed by atoms with van der Waals surface area (Å²) in [4.78, 5) is 27.7. The maximum Gasteiger partial charge on any atom is 0.240 e. The Labute approximate surface area is 96.6 Å². The number of likely N-dealkylation sites (tertiary alicyclic amines) is 2. The van der Waals surface area contributed by atoms with Gasteiger partial charge in [0.15, 0.2) is 5.78 Å². The average molecular weight is 224 g/mol. The van der Waals surface area contributed by atoms with Gasteiger partial charge in [0.05, 0.1) is 12.1 Å². The summed E-state index contributed by atoms with van der Waals surface area (Å²) in [5.74, 6) is 0.296. The van der Waals surface area contributed by atoms with Crippen LogP contribution in [0.15, 0.2) is 0 Å². The zero-order valence-electron chi connectivity index (χ0n) is 10.1. The van der Waals surface area contributed by atoms with Crippen molar-refractivity contribution in [3.05, 3.63) is 0 Å². The first-order chi connectivity index (χ1) is 7.61. The molecule has 2 atom stereocenters. The molecule has 0 radical (unpaired) electrons. The zero-order chi connectivity index (χ0) is 11.7. The van der Waals surface area contributed by atoms with Crippen LogP contribution in [0.1, 0.15) is 32.6 Å². The van der Waals surface area contributed by atoms with Crippen molar-refractivity contribution < 1.29 is 9.59 Å². The summed E-state index contributed by atoms with van der Waals surface area (Å²) in [7, 11) is 1.99. The highest BCUT2D eigenvalue weighted by molar-refractivity contribution is 5.90. The Bertz CT molecular complexity index is 303. The molecule has 16 heavy (non-hydrogen) atoms. The Kier molecular flexibility index (Phi) is 3.28. The van der Waals surface area contributed by atoms with Gasteiger partial charge in [-0.15, -0.1) is 0 Å². The predicted octanol–water partition coefficient (Wildman–Crippen LogP) is 0.661. The van der Waals surface area contributed by atoms with Gasteiger partial charge in [-0.3, -0.25) is 14.5 Å². The molecule has 2 aliphatic heterocycles. The van der Waals surface area contributed by atoms with Gasteiger partial charge in [0.25, 0.3) is 0 Å². The second-order valence-corrected chi connectivity index (χ2v) is 4.94. The second-order valence-electron chi connectivity index (χ2n) is 4.94. The minimum atomic E-state index is -0.151. The summed E-state index contributed by atoms with van der Waals surface area (Å²) < 4.78 is 0. The molecule has 2 aliphatic rings. The van der Waals surface area contributed by atoms with E-state index in [1.807, 2.05) is 7.05 Å². The van der Waals surface area contributed by atoms with E-state index < -0.39 is 0 Å². The number of hydrogen-bond acceptors (Lipinski definition) is 3. The number of carbonyl (C=O) groups excluding carboxylic acids is 2. The Morgan fingerprint density at radius 2 is 1.69 bits per heavy atom. The molecule has 2 saturated heterocycles. The van der Waals surface area contributed by atoms with Crippen molar-refractivity contribution in [2.24, 2.45) is 0 Å². The van der Waals surface area contributed by atoms with Crippen LogP contribution in [-0.2, 0) is 9.59 Å². The summed E-state index contributed by atoms with van der Waals surface area (Å²) in [5.41, 5.74) is 0. The summed E-state index contributed by atoms with van der Waals surface area (Å²) >= 11 is 0. The van der Waals surface area contributed by atoms with Crippen LogP contribution in [-0.4, -0.2) is 53.7 Å². The van der Waals surface area contributed by atoms with Crippen molar-refractivity contribution in [2.45, 2.75) is 44.7 Å². The summed E-state index contributed by atoms with van der Waals surface area (Å²) in [6.07, 6.45) is 3.84. The molecule has 2 heterocycles. The lowest BCUT2D eigenvalue weighted by Gasteiger charge is -2.28. The lowest BCUT2D eigenvalue weighted by atomic mass is 10.1. The number of Topliss-reactive ketones (excluding diaryl/α,β-unsaturated/α-hetero) is 1. The number of ketones is 1. The van der Waals surface area contributed by atoms with Crippen LogP contribution in [0, 0.1) is 0 Å². The summed E-state index contributed by atoms with van der Waals surface area (Å²) in [6, 6.07) is -0.138. The normalized spacial score (nSPS) is 31.0. The van der Waals surface area contributed by atoms with Gasteiger partial charge in [0.1, 0.15) is 0 Å². The highest BCUT2D eigenvalue weighted by Crippen LogP contribution is 2.23. The van der Waals surface area contributed by atoms with Crippen molar-refractivity contribution >= 4 is 11.7 Å². The van der Waals surface area contributed by atoms with Crippen molar-refractivity contribution in [3.8, 4) is 0 Å². The van der Waals surface area contributed by atoms with Crippen LogP contribution in [0.25, 0.3) is 0 Å². The molecule has 4 nitrogen and oxygen atoms in total. The van der Waals surface area contributed by atoms with Gasteiger partial charge in [0.2, 0.25) is 5.91 Å². The highest BCUT2D eigenvalue weighted by Gasteiger charge is 2.38. The largest absolute Gasteiger partial charge is 0.331 e. The maximum atomic E-state index is 12.3. The van der Waals surface area contributed by atoms with E-state index in [0.717, 1.165) is 38.8 Å². The van der Waals surface area contributed by atoms with Crippen LogP contribution in [0.4, 0.5) is 0 Å². The van der Waals surface area contributed by atoms with Crippen LogP contribution < -0.4 is 0 Å². The number of nitrogens with zero attached hydrogens (tertiary/aromatic N) is 2. The van der Waals surface area contributed by atoms with Crippen LogP contribution in [0.5, 0.6) is 0 Å². The van der Waals surface area contributed by atoms with Gasteiger partial charge in [-0.25, -0.2) is 0 Å². The summed E-state index contributed by atoms with van der Waals surface area (Å²) in [6.45, 7) is 3.34. The Hall–Kier alpha value is -0.900. The molecule has 0 unspecified atom stereocenters. The third-order valence-electron chi connectivity index (χ3n) is 3.81. The molecular weight excluding hydrogens is 204 g/mol. The Morgan fingerprint density at radius 1 is 1.06 bits per heavy atom. The molecule has 0 saturated carbocycles. The number of rotatable bonds is 2. The monoisotopic (exact) mass is 224 g/mol. The minimum Gasteiger partial charge on any atom is -0.331 e. The molecule has 90 valence electrons. The molecule has 0 spiro atoms. The van der Waals surface area contributed by atoms with Gasteiger partial charge in [-0.05, 0) is 46.2 Å². The van der Waals surface area contributed by atoms with E-state index in [2.05, 4.69) is 4.90 Å². The first-order valence-corrected chi connectivity index (χ1v) is 6.12. The third-order valence-corrected chi connectivity index (χ3v) is 3.81. The molecular formula is C12H20N2O2. The van der Waals surface area contributed by atoms with Gasteiger partial charge < -0.3 is 4.90 Å². The first kappa shape index (κ1) is 11.6. The highest BCUT2D eigenvalue weighted by atomic mass is 16.2. The number of amides is 1. The van der Waals surface area contributed by atoms with E-state index in [1.54, 1.807) is 11.8 Å². The van der Waals surface area contributed by atoms with Crippen molar-refractivity contribution in [1.29, 1.82) is 0 Å². The van der Waals surface area contributed by atoms with E-state index >= 15 is 0 Å². The molecule has 0 aromatic rings.